The van der Waals surface area contributed by atoms with Crippen LogP contribution in [0.25, 0.3) is 6.08 Å². The van der Waals surface area contributed by atoms with E-state index < -0.39 is 17.8 Å². The number of urea groups is 1. The lowest BCUT2D eigenvalue weighted by molar-refractivity contribution is -0.122. The number of carbonyl (C=O) groups is 3. The van der Waals surface area contributed by atoms with E-state index in [0.29, 0.717) is 11.4 Å². The largest absolute Gasteiger partial charge is 0.465 e. The topological polar surface area (TPSA) is 79.6 Å². The standard InChI is InChI=1S/C15H10N2O4/c18-13-12(9-11-7-4-8-21-11)14(19)17(15(20)16-13)10-5-2-1-3-6-10/h1-9H,(H,16,18,20)/b12-9+. The van der Waals surface area contributed by atoms with Crippen LogP contribution in [-0.2, 0) is 9.59 Å². The van der Waals surface area contributed by atoms with E-state index in [4.69, 9.17) is 4.42 Å². The van der Waals surface area contributed by atoms with Crippen LogP contribution in [0.5, 0.6) is 0 Å². The molecule has 1 aliphatic rings. The summed E-state index contributed by atoms with van der Waals surface area (Å²) in [4.78, 5) is 37.0. The van der Waals surface area contributed by atoms with Crippen LogP contribution in [-0.4, -0.2) is 17.8 Å². The van der Waals surface area contributed by atoms with Crippen molar-refractivity contribution in [3.63, 3.8) is 0 Å². The molecular formula is C15H10N2O4. The Bertz CT molecular complexity index is 732. The Kier molecular flexibility index (Phi) is 3.12. The Hall–Kier alpha value is -3.15. The molecule has 1 aromatic carbocycles. The first kappa shape index (κ1) is 12.9. The number of rotatable bonds is 2. The van der Waals surface area contributed by atoms with Gasteiger partial charge in [0.05, 0.1) is 12.0 Å². The number of hydrogen-bond donors (Lipinski definition) is 1. The molecule has 2 aromatic rings. The van der Waals surface area contributed by atoms with Crippen LogP contribution in [0.2, 0.25) is 0 Å². The van der Waals surface area contributed by atoms with Gasteiger partial charge in [-0.1, -0.05) is 18.2 Å². The lowest BCUT2D eigenvalue weighted by Gasteiger charge is -2.26. The summed E-state index contributed by atoms with van der Waals surface area (Å²) in [6.45, 7) is 0. The summed E-state index contributed by atoms with van der Waals surface area (Å²) in [5.74, 6) is -1.07. The highest BCUT2D eigenvalue weighted by molar-refractivity contribution is 6.39. The summed E-state index contributed by atoms with van der Waals surface area (Å²) in [5, 5.41) is 2.14. The van der Waals surface area contributed by atoms with Gasteiger partial charge in [0.15, 0.2) is 0 Å². The monoisotopic (exact) mass is 282 g/mol. The summed E-state index contributed by atoms with van der Waals surface area (Å²) in [6, 6.07) is 10.8. The van der Waals surface area contributed by atoms with Gasteiger partial charge >= 0.3 is 6.03 Å². The van der Waals surface area contributed by atoms with Gasteiger partial charge in [-0.05, 0) is 30.3 Å². The lowest BCUT2D eigenvalue weighted by Crippen LogP contribution is -2.54. The van der Waals surface area contributed by atoms with Crippen LogP contribution in [0.4, 0.5) is 10.5 Å². The maximum atomic E-state index is 12.4. The first-order valence-corrected chi connectivity index (χ1v) is 6.17. The zero-order valence-corrected chi connectivity index (χ0v) is 10.8. The second kappa shape index (κ2) is 5.09. The Labute approximate surface area is 119 Å². The van der Waals surface area contributed by atoms with E-state index in [2.05, 4.69) is 5.32 Å². The van der Waals surface area contributed by atoms with E-state index in [1.54, 1.807) is 42.5 Å². The second-order valence-electron chi connectivity index (χ2n) is 4.31. The molecule has 0 bridgehead atoms. The van der Waals surface area contributed by atoms with E-state index in [1.165, 1.54) is 12.3 Å². The minimum Gasteiger partial charge on any atom is -0.465 e. The third-order valence-electron chi connectivity index (χ3n) is 2.95. The molecule has 104 valence electrons. The predicted octanol–water partition coefficient (Wildman–Crippen LogP) is 1.95. The summed E-state index contributed by atoms with van der Waals surface area (Å²) < 4.78 is 5.09. The Morgan fingerprint density at radius 3 is 2.43 bits per heavy atom. The molecule has 4 amide bonds. The first-order chi connectivity index (χ1) is 10.2. The van der Waals surface area contributed by atoms with Crippen molar-refractivity contribution in [1.82, 2.24) is 5.32 Å². The number of benzene rings is 1. The zero-order chi connectivity index (χ0) is 14.8. The SMILES string of the molecule is O=C1NC(=O)N(c2ccccc2)C(=O)/C1=C/c1ccco1. The first-order valence-electron chi connectivity index (χ1n) is 6.17. The second-order valence-corrected chi connectivity index (χ2v) is 4.31. The number of amides is 4. The molecule has 3 rings (SSSR count). The highest BCUT2D eigenvalue weighted by Gasteiger charge is 2.36. The molecule has 0 unspecified atom stereocenters. The summed E-state index contributed by atoms with van der Waals surface area (Å²) in [5.41, 5.74) is 0.228. The van der Waals surface area contributed by atoms with Crippen molar-refractivity contribution in [2.45, 2.75) is 0 Å². The van der Waals surface area contributed by atoms with Gasteiger partial charge in [-0.15, -0.1) is 0 Å². The maximum absolute atomic E-state index is 12.4. The van der Waals surface area contributed by atoms with Crippen molar-refractivity contribution in [3.05, 3.63) is 60.1 Å². The average Bonchev–Trinajstić information content (AvgIpc) is 2.97. The fraction of sp³-hybridized carbons (Fsp3) is 0. The number of furan rings is 1. The van der Waals surface area contributed by atoms with Gasteiger partial charge in [0.2, 0.25) is 0 Å². The number of barbiturate groups is 1. The van der Waals surface area contributed by atoms with Gasteiger partial charge in [-0.3, -0.25) is 14.9 Å². The van der Waals surface area contributed by atoms with E-state index in [9.17, 15) is 14.4 Å². The van der Waals surface area contributed by atoms with Crippen molar-refractivity contribution in [2.24, 2.45) is 0 Å². The van der Waals surface area contributed by atoms with Gasteiger partial charge in [0, 0.05) is 0 Å². The molecular weight excluding hydrogens is 272 g/mol. The molecule has 0 atom stereocenters. The maximum Gasteiger partial charge on any atom is 0.335 e. The molecule has 0 aliphatic carbocycles. The smallest absolute Gasteiger partial charge is 0.335 e. The third kappa shape index (κ3) is 2.34. The fourth-order valence-corrected chi connectivity index (χ4v) is 1.98. The molecule has 2 heterocycles. The van der Waals surface area contributed by atoms with Crippen LogP contribution in [0, 0.1) is 0 Å². The minimum atomic E-state index is -0.771. The highest BCUT2D eigenvalue weighted by atomic mass is 16.3. The van der Waals surface area contributed by atoms with Crippen molar-refractivity contribution in [3.8, 4) is 0 Å². The Morgan fingerprint density at radius 1 is 1.00 bits per heavy atom. The van der Waals surface area contributed by atoms with E-state index in [-0.39, 0.29) is 5.57 Å². The zero-order valence-electron chi connectivity index (χ0n) is 10.8. The quantitative estimate of drug-likeness (QED) is 0.674. The third-order valence-corrected chi connectivity index (χ3v) is 2.95. The number of imide groups is 2. The van der Waals surface area contributed by atoms with Crippen LogP contribution in [0.1, 0.15) is 5.76 Å². The van der Waals surface area contributed by atoms with Crippen LogP contribution in [0.15, 0.2) is 58.7 Å². The summed E-state index contributed by atoms with van der Waals surface area (Å²) in [6.07, 6.45) is 2.73. The molecule has 1 aromatic heterocycles. The van der Waals surface area contributed by atoms with E-state index >= 15 is 0 Å². The molecule has 1 saturated heterocycles. The normalized spacial score (nSPS) is 17.2. The van der Waals surface area contributed by atoms with Crippen LogP contribution in [0.3, 0.4) is 0 Å². The average molecular weight is 282 g/mol. The molecule has 1 fully saturated rings. The van der Waals surface area contributed by atoms with Gasteiger partial charge in [0.1, 0.15) is 11.3 Å². The summed E-state index contributed by atoms with van der Waals surface area (Å²) >= 11 is 0. The molecule has 0 radical (unpaired) electrons. The molecule has 1 N–H and O–H groups in total. The number of nitrogens with one attached hydrogen (secondary N) is 1. The molecule has 0 spiro atoms. The minimum absolute atomic E-state index is 0.159. The Balaban J connectivity index is 2.02. The number of nitrogens with zero attached hydrogens (tertiary/aromatic N) is 1. The van der Waals surface area contributed by atoms with Crippen molar-refractivity contribution < 1.29 is 18.8 Å². The van der Waals surface area contributed by atoms with Gasteiger partial charge in [-0.2, -0.15) is 0 Å². The predicted molar refractivity (Wildman–Crippen MR) is 74.2 cm³/mol. The highest BCUT2D eigenvalue weighted by Crippen LogP contribution is 2.21. The van der Waals surface area contributed by atoms with Crippen molar-refractivity contribution in [2.75, 3.05) is 4.90 Å². The van der Waals surface area contributed by atoms with Crippen LogP contribution < -0.4 is 10.2 Å². The molecule has 6 heteroatoms. The molecule has 6 nitrogen and oxygen atoms in total. The molecule has 21 heavy (non-hydrogen) atoms. The lowest BCUT2D eigenvalue weighted by atomic mass is 10.1. The fourth-order valence-electron chi connectivity index (χ4n) is 1.98. The number of carbonyl (C=O) groups excluding carboxylic acids is 3. The van der Waals surface area contributed by atoms with Crippen LogP contribution >= 0.6 is 0 Å². The molecule has 1 aliphatic heterocycles. The van der Waals surface area contributed by atoms with Crippen molar-refractivity contribution in [1.29, 1.82) is 0 Å². The molecule has 0 saturated carbocycles. The number of para-hydroxylation sites is 1. The van der Waals surface area contributed by atoms with Gasteiger partial charge in [-0.25, -0.2) is 9.69 Å². The number of hydrogen-bond acceptors (Lipinski definition) is 4. The van der Waals surface area contributed by atoms with Gasteiger partial charge in [0.25, 0.3) is 11.8 Å². The van der Waals surface area contributed by atoms with Gasteiger partial charge < -0.3 is 4.42 Å². The van der Waals surface area contributed by atoms with E-state index in [1.807, 2.05) is 0 Å². The van der Waals surface area contributed by atoms with Crippen molar-refractivity contribution >= 4 is 29.6 Å². The summed E-state index contributed by atoms with van der Waals surface area (Å²) in [7, 11) is 0. The Morgan fingerprint density at radius 2 is 1.76 bits per heavy atom. The van der Waals surface area contributed by atoms with E-state index in [0.717, 1.165) is 4.90 Å². The number of anilines is 1.